The quantitative estimate of drug-likeness (QED) is 0.667. The minimum atomic E-state index is -0.0708. The summed E-state index contributed by atoms with van der Waals surface area (Å²) in [6, 6.07) is 9.40. The normalized spacial score (nSPS) is 10.6. The molecule has 3 rings (SSSR count). The van der Waals surface area contributed by atoms with Crippen molar-refractivity contribution in [2.45, 2.75) is 20.8 Å². The van der Waals surface area contributed by atoms with E-state index in [9.17, 15) is 4.79 Å². The van der Waals surface area contributed by atoms with Crippen LogP contribution in [-0.2, 0) is 0 Å². The van der Waals surface area contributed by atoms with Gasteiger partial charge >= 0.3 is 0 Å². The zero-order valence-corrected chi connectivity index (χ0v) is 15.2. The predicted octanol–water partition coefficient (Wildman–Crippen LogP) is 2.43. The van der Waals surface area contributed by atoms with E-state index in [1.165, 1.54) is 0 Å². The van der Waals surface area contributed by atoms with Crippen molar-refractivity contribution in [3.63, 3.8) is 0 Å². The van der Waals surface area contributed by atoms with Crippen LogP contribution in [0.25, 0.3) is 5.82 Å². The Bertz CT molecular complexity index is 918. The predicted molar refractivity (Wildman–Crippen MR) is 101 cm³/mol. The summed E-state index contributed by atoms with van der Waals surface area (Å²) >= 11 is 0. The van der Waals surface area contributed by atoms with Gasteiger partial charge in [0.2, 0.25) is 0 Å². The molecule has 134 valence electrons. The van der Waals surface area contributed by atoms with Crippen molar-refractivity contribution in [2.24, 2.45) is 0 Å². The first-order chi connectivity index (χ1) is 12.5. The van der Waals surface area contributed by atoms with E-state index in [0.717, 1.165) is 17.2 Å². The highest BCUT2D eigenvalue weighted by Crippen LogP contribution is 2.12. The number of carbonyl (C=O) groups excluding carboxylic acids is 1. The summed E-state index contributed by atoms with van der Waals surface area (Å²) in [6.07, 6.45) is 3.60. The van der Waals surface area contributed by atoms with E-state index >= 15 is 0 Å². The standard InChI is InChI=1S/C19H22N6O/c1-13-6-4-5-7-16(13)19(26)22-9-8-21-17-12-18(24-14(2)23-17)25-11-10-20-15(25)3/h4-7,10-12H,8-9H2,1-3H3,(H,22,26)(H,21,23,24). The molecule has 0 aliphatic heterocycles. The van der Waals surface area contributed by atoms with Gasteiger partial charge in [-0.05, 0) is 32.4 Å². The third kappa shape index (κ3) is 4.05. The topological polar surface area (TPSA) is 84.7 Å². The molecule has 7 nitrogen and oxygen atoms in total. The first-order valence-corrected chi connectivity index (χ1v) is 8.48. The van der Waals surface area contributed by atoms with Crippen LogP contribution in [0.2, 0.25) is 0 Å². The fourth-order valence-corrected chi connectivity index (χ4v) is 2.68. The molecule has 2 aromatic heterocycles. The molecule has 2 N–H and O–H groups in total. The smallest absolute Gasteiger partial charge is 0.251 e. The number of imidazole rings is 1. The lowest BCUT2D eigenvalue weighted by Gasteiger charge is -2.11. The van der Waals surface area contributed by atoms with Gasteiger partial charge in [0.25, 0.3) is 5.91 Å². The van der Waals surface area contributed by atoms with Crippen LogP contribution in [0.5, 0.6) is 0 Å². The second-order valence-corrected chi connectivity index (χ2v) is 6.00. The second-order valence-electron chi connectivity index (χ2n) is 6.00. The van der Waals surface area contributed by atoms with Crippen LogP contribution in [-0.4, -0.2) is 38.5 Å². The Labute approximate surface area is 152 Å². The first kappa shape index (κ1) is 17.6. The van der Waals surface area contributed by atoms with Crippen molar-refractivity contribution >= 4 is 11.7 Å². The van der Waals surface area contributed by atoms with Gasteiger partial charge in [0, 0.05) is 37.1 Å². The van der Waals surface area contributed by atoms with E-state index < -0.39 is 0 Å². The van der Waals surface area contributed by atoms with Crippen LogP contribution in [0.1, 0.15) is 27.6 Å². The van der Waals surface area contributed by atoms with Crippen molar-refractivity contribution in [1.82, 2.24) is 24.8 Å². The van der Waals surface area contributed by atoms with E-state index in [1.54, 1.807) is 6.20 Å². The number of nitrogens with one attached hydrogen (secondary N) is 2. The molecule has 0 aliphatic rings. The van der Waals surface area contributed by atoms with E-state index in [4.69, 9.17) is 0 Å². The fourth-order valence-electron chi connectivity index (χ4n) is 2.68. The number of aryl methyl sites for hydroxylation is 3. The molecule has 3 aromatic rings. The number of aromatic nitrogens is 4. The molecule has 0 fully saturated rings. The van der Waals surface area contributed by atoms with Crippen molar-refractivity contribution < 1.29 is 4.79 Å². The molecule has 0 atom stereocenters. The number of anilines is 1. The molecule has 0 saturated carbocycles. The first-order valence-electron chi connectivity index (χ1n) is 8.48. The van der Waals surface area contributed by atoms with Crippen LogP contribution < -0.4 is 10.6 Å². The molecular formula is C19H22N6O. The maximum atomic E-state index is 12.2. The summed E-state index contributed by atoms with van der Waals surface area (Å²) in [5.74, 6) is 2.93. The molecule has 0 unspecified atom stereocenters. The van der Waals surface area contributed by atoms with Crippen LogP contribution in [0, 0.1) is 20.8 Å². The number of amides is 1. The maximum Gasteiger partial charge on any atom is 0.251 e. The molecule has 0 bridgehead atoms. The van der Waals surface area contributed by atoms with Crippen molar-refractivity contribution in [2.75, 3.05) is 18.4 Å². The minimum Gasteiger partial charge on any atom is -0.368 e. The summed E-state index contributed by atoms with van der Waals surface area (Å²) in [5.41, 5.74) is 1.66. The van der Waals surface area contributed by atoms with Crippen LogP contribution in [0.3, 0.4) is 0 Å². The fraction of sp³-hybridized carbons (Fsp3) is 0.263. The average Bonchev–Trinajstić information content (AvgIpc) is 3.04. The van der Waals surface area contributed by atoms with Crippen molar-refractivity contribution in [3.05, 3.63) is 65.5 Å². The molecule has 26 heavy (non-hydrogen) atoms. The highest BCUT2D eigenvalue weighted by molar-refractivity contribution is 5.95. The molecule has 7 heteroatoms. The summed E-state index contributed by atoms with van der Waals surface area (Å²) in [7, 11) is 0. The lowest BCUT2D eigenvalue weighted by Crippen LogP contribution is -2.29. The van der Waals surface area contributed by atoms with Gasteiger partial charge in [0.05, 0.1) is 0 Å². The Kier molecular flexibility index (Phi) is 5.26. The Morgan fingerprint density at radius 1 is 1.12 bits per heavy atom. The SMILES string of the molecule is Cc1nc(NCCNC(=O)c2ccccc2C)cc(-n2ccnc2C)n1. The van der Waals surface area contributed by atoms with E-state index in [2.05, 4.69) is 25.6 Å². The van der Waals surface area contributed by atoms with Gasteiger partial charge in [0.15, 0.2) is 0 Å². The molecule has 0 aliphatic carbocycles. The van der Waals surface area contributed by atoms with Gasteiger partial charge in [-0.2, -0.15) is 0 Å². The number of rotatable bonds is 6. The Morgan fingerprint density at radius 2 is 1.92 bits per heavy atom. The monoisotopic (exact) mass is 350 g/mol. The van der Waals surface area contributed by atoms with Gasteiger partial charge in [0.1, 0.15) is 23.3 Å². The number of hydrogen-bond donors (Lipinski definition) is 2. The molecular weight excluding hydrogens is 328 g/mol. The Balaban J connectivity index is 1.59. The van der Waals surface area contributed by atoms with E-state index in [1.807, 2.05) is 61.9 Å². The Hall–Kier alpha value is -3.22. The number of benzene rings is 1. The molecule has 1 aromatic carbocycles. The molecule has 2 heterocycles. The second kappa shape index (κ2) is 7.77. The highest BCUT2D eigenvalue weighted by Gasteiger charge is 2.08. The average molecular weight is 350 g/mol. The zero-order chi connectivity index (χ0) is 18.5. The van der Waals surface area contributed by atoms with Crippen molar-refractivity contribution in [3.8, 4) is 5.82 Å². The van der Waals surface area contributed by atoms with Crippen molar-refractivity contribution in [1.29, 1.82) is 0 Å². The van der Waals surface area contributed by atoms with Gasteiger partial charge in [-0.25, -0.2) is 15.0 Å². The van der Waals surface area contributed by atoms with Crippen LogP contribution >= 0.6 is 0 Å². The third-order valence-corrected chi connectivity index (χ3v) is 4.00. The summed E-state index contributed by atoms with van der Waals surface area (Å²) in [4.78, 5) is 25.3. The molecule has 0 radical (unpaired) electrons. The van der Waals surface area contributed by atoms with E-state index in [0.29, 0.717) is 30.3 Å². The number of carbonyl (C=O) groups is 1. The lowest BCUT2D eigenvalue weighted by atomic mass is 10.1. The Morgan fingerprint density at radius 3 is 2.65 bits per heavy atom. The molecule has 1 amide bonds. The molecule has 0 saturated heterocycles. The third-order valence-electron chi connectivity index (χ3n) is 4.00. The largest absolute Gasteiger partial charge is 0.368 e. The lowest BCUT2D eigenvalue weighted by molar-refractivity contribution is 0.0954. The van der Waals surface area contributed by atoms with Gasteiger partial charge in [-0.1, -0.05) is 18.2 Å². The minimum absolute atomic E-state index is 0.0708. The number of nitrogens with zero attached hydrogens (tertiary/aromatic N) is 4. The number of hydrogen-bond acceptors (Lipinski definition) is 5. The van der Waals surface area contributed by atoms with Gasteiger partial charge in [-0.15, -0.1) is 0 Å². The van der Waals surface area contributed by atoms with Gasteiger partial charge < -0.3 is 10.6 Å². The van der Waals surface area contributed by atoms with Crippen LogP contribution in [0.4, 0.5) is 5.82 Å². The summed E-state index contributed by atoms with van der Waals surface area (Å²) < 4.78 is 1.90. The maximum absolute atomic E-state index is 12.2. The van der Waals surface area contributed by atoms with E-state index in [-0.39, 0.29) is 5.91 Å². The molecule has 0 spiro atoms. The summed E-state index contributed by atoms with van der Waals surface area (Å²) in [5, 5.41) is 6.15. The summed E-state index contributed by atoms with van der Waals surface area (Å²) in [6.45, 7) is 6.76. The van der Waals surface area contributed by atoms with Crippen LogP contribution in [0.15, 0.2) is 42.7 Å². The zero-order valence-electron chi connectivity index (χ0n) is 15.2. The highest BCUT2D eigenvalue weighted by atomic mass is 16.1. The van der Waals surface area contributed by atoms with Gasteiger partial charge in [-0.3, -0.25) is 9.36 Å².